The van der Waals surface area contributed by atoms with Crippen LogP contribution in [0.25, 0.3) is 17.8 Å². The van der Waals surface area contributed by atoms with Gasteiger partial charge in [0, 0.05) is 18.7 Å². The molecule has 3 aromatic heterocycles. The molecule has 180 valence electrons. The van der Waals surface area contributed by atoms with Crippen LogP contribution in [0.15, 0.2) is 42.9 Å². The highest BCUT2D eigenvalue weighted by molar-refractivity contribution is 5.65. The molecule has 4 aromatic rings. The number of alkyl halides is 3. The van der Waals surface area contributed by atoms with E-state index in [1.165, 1.54) is 7.11 Å². The van der Waals surface area contributed by atoms with Gasteiger partial charge in [0.25, 0.3) is 0 Å². The topological polar surface area (TPSA) is 70.7 Å². The molecule has 7 nitrogen and oxygen atoms in total. The van der Waals surface area contributed by atoms with Gasteiger partial charge in [-0.25, -0.2) is 24.0 Å². The third-order valence-electron chi connectivity index (χ3n) is 5.80. The van der Waals surface area contributed by atoms with Crippen LogP contribution in [-0.2, 0) is 12.7 Å². The van der Waals surface area contributed by atoms with E-state index in [9.17, 15) is 17.6 Å². The summed E-state index contributed by atoms with van der Waals surface area (Å²) >= 11 is 0. The highest BCUT2D eigenvalue weighted by atomic mass is 19.4. The molecule has 11 heteroatoms. The number of pyridine rings is 1. The first-order valence-electron chi connectivity index (χ1n) is 10.8. The number of fused-ring (bicyclic) bond motifs is 1. The molecule has 0 saturated carbocycles. The van der Waals surface area contributed by atoms with Gasteiger partial charge in [-0.05, 0) is 61.4 Å². The summed E-state index contributed by atoms with van der Waals surface area (Å²) in [5.41, 5.74) is 1.17. The number of aryl methyl sites for hydroxylation is 2. The molecule has 1 aliphatic heterocycles. The molecule has 5 rings (SSSR count). The minimum Gasteiger partial charge on any atom is -0.479 e. The molecule has 35 heavy (non-hydrogen) atoms. The first kappa shape index (κ1) is 22.8. The quantitative estimate of drug-likeness (QED) is 0.371. The molecule has 0 N–H and O–H groups in total. The van der Waals surface area contributed by atoms with Crippen molar-refractivity contribution in [1.82, 2.24) is 29.3 Å². The fourth-order valence-electron chi connectivity index (χ4n) is 4.22. The number of benzene rings is 1. The Labute approximate surface area is 197 Å². The Hall–Kier alpha value is -4.02. The lowest BCUT2D eigenvalue weighted by atomic mass is 9.92. The van der Waals surface area contributed by atoms with Crippen molar-refractivity contribution in [1.29, 1.82) is 0 Å². The predicted molar refractivity (Wildman–Crippen MR) is 119 cm³/mol. The third kappa shape index (κ3) is 4.41. The fourth-order valence-corrected chi connectivity index (χ4v) is 4.22. The Morgan fingerprint density at radius 2 is 1.94 bits per heavy atom. The van der Waals surface area contributed by atoms with E-state index in [1.807, 2.05) is 19.2 Å². The van der Waals surface area contributed by atoms with Gasteiger partial charge in [0.2, 0.25) is 5.88 Å². The van der Waals surface area contributed by atoms with E-state index in [0.29, 0.717) is 36.2 Å². The van der Waals surface area contributed by atoms with E-state index in [2.05, 4.69) is 20.1 Å². The van der Waals surface area contributed by atoms with E-state index in [4.69, 9.17) is 4.74 Å². The van der Waals surface area contributed by atoms with Crippen LogP contribution >= 0.6 is 0 Å². The number of halogens is 4. The van der Waals surface area contributed by atoms with Crippen molar-refractivity contribution >= 4 is 12.2 Å². The molecule has 1 aromatic carbocycles. The van der Waals surface area contributed by atoms with Crippen LogP contribution < -0.4 is 4.74 Å². The summed E-state index contributed by atoms with van der Waals surface area (Å²) in [6.07, 6.45) is 2.60. The monoisotopic (exact) mass is 484 g/mol. The van der Waals surface area contributed by atoms with Crippen LogP contribution in [0.4, 0.5) is 17.6 Å². The van der Waals surface area contributed by atoms with Gasteiger partial charge >= 0.3 is 6.18 Å². The van der Waals surface area contributed by atoms with E-state index >= 15 is 0 Å². The number of hydrogen-bond acceptors (Lipinski definition) is 5. The summed E-state index contributed by atoms with van der Waals surface area (Å²) in [5.74, 6) is -0.328. The molecule has 1 atom stereocenters. The van der Waals surface area contributed by atoms with Crippen LogP contribution in [0.3, 0.4) is 0 Å². The molecule has 0 fully saturated rings. The number of imidazole rings is 1. The molecule has 0 aliphatic carbocycles. The van der Waals surface area contributed by atoms with Crippen LogP contribution in [0.2, 0.25) is 0 Å². The maximum atomic E-state index is 13.8. The zero-order valence-corrected chi connectivity index (χ0v) is 18.8. The average Bonchev–Trinajstić information content (AvgIpc) is 3.52. The van der Waals surface area contributed by atoms with Gasteiger partial charge in [-0.2, -0.15) is 18.3 Å². The molecule has 4 heterocycles. The molecule has 1 aliphatic rings. The normalized spacial score (nSPS) is 15.7. The number of nitrogens with zero attached hydrogens (tertiary/aromatic N) is 6. The summed E-state index contributed by atoms with van der Waals surface area (Å²) in [6, 6.07) is 6.16. The average molecular weight is 484 g/mol. The summed E-state index contributed by atoms with van der Waals surface area (Å²) in [5, 5.41) is 4.38. The molecule has 0 amide bonds. The highest BCUT2D eigenvalue weighted by Crippen LogP contribution is 2.41. The number of hydrogen-bond donors (Lipinski definition) is 0. The lowest BCUT2D eigenvalue weighted by molar-refractivity contribution is -0.138. The second-order valence-corrected chi connectivity index (χ2v) is 8.14. The van der Waals surface area contributed by atoms with Gasteiger partial charge in [0.1, 0.15) is 17.3 Å². The lowest BCUT2D eigenvalue weighted by Crippen LogP contribution is -2.12. The number of ether oxygens (including phenoxy) is 1. The SMILES string of the molecule is COc1nc(/C=C/c2nc3n(n2)CCC3c2cc(F)ccc2C(F)(F)F)ccc1-n1cnc(C)c1. The molecule has 0 radical (unpaired) electrons. The standard InChI is InChI=1S/C24H20F4N6O/c1-14-12-33(13-29-14)20-7-4-16(30-23(20)35-2)5-8-21-31-22-17(9-10-34(22)32-21)18-11-15(25)3-6-19(18)24(26,27)28/h3-8,11-13,17H,9-10H2,1-2H3/b8-5+. The van der Waals surface area contributed by atoms with Crippen molar-refractivity contribution in [3.63, 3.8) is 0 Å². The Bertz CT molecular complexity index is 1420. The zero-order valence-electron chi connectivity index (χ0n) is 18.8. The second-order valence-electron chi connectivity index (χ2n) is 8.14. The minimum absolute atomic E-state index is 0.129. The summed E-state index contributed by atoms with van der Waals surface area (Å²) < 4.78 is 63.2. The molecular formula is C24H20F4N6O. The Morgan fingerprint density at radius 1 is 1.11 bits per heavy atom. The van der Waals surface area contributed by atoms with E-state index in [1.54, 1.807) is 33.8 Å². The Morgan fingerprint density at radius 3 is 2.66 bits per heavy atom. The Kier molecular flexibility index (Phi) is 5.62. The number of rotatable bonds is 5. The zero-order chi connectivity index (χ0) is 24.7. The maximum Gasteiger partial charge on any atom is 0.416 e. The van der Waals surface area contributed by atoms with E-state index in [-0.39, 0.29) is 5.56 Å². The van der Waals surface area contributed by atoms with E-state index < -0.39 is 23.5 Å². The first-order chi connectivity index (χ1) is 16.7. The summed E-state index contributed by atoms with van der Waals surface area (Å²) in [4.78, 5) is 13.1. The number of methoxy groups -OCH3 is 1. The lowest BCUT2D eigenvalue weighted by Gasteiger charge is -2.16. The van der Waals surface area contributed by atoms with Gasteiger partial charge in [-0.3, -0.25) is 0 Å². The second kappa shape index (κ2) is 8.64. The maximum absolute atomic E-state index is 13.8. The summed E-state index contributed by atoms with van der Waals surface area (Å²) in [7, 11) is 1.52. The van der Waals surface area contributed by atoms with Crippen molar-refractivity contribution in [2.75, 3.05) is 7.11 Å². The van der Waals surface area contributed by atoms with E-state index in [0.717, 1.165) is 29.6 Å². The minimum atomic E-state index is -4.59. The smallest absolute Gasteiger partial charge is 0.416 e. The van der Waals surface area contributed by atoms with Gasteiger partial charge in [0.15, 0.2) is 5.82 Å². The molecule has 1 unspecified atom stereocenters. The van der Waals surface area contributed by atoms with Crippen molar-refractivity contribution in [2.24, 2.45) is 0 Å². The van der Waals surface area contributed by atoms with Crippen molar-refractivity contribution < 1.29 is 22.3 Å². The first-order valence-corrected chi connectivity index (χ1v) is 10.8. The highest BCUT2D eigenvalue weighted by Gasteiger charge is 2.38. The molecule has 0 bridgehead atoms. The van der Waals surface area contributed by atoms with Crippen molar-refractivity contribution in [2.45, 2.75) is 32.0 Å². The van der Waals surface area contributed by atoms with Crippen LogP contribution in [-0.4, -0.2) is 36.4 Å². The van der Waals surface area contributed by atoms with Gasteiger partial charge in [-0.15, -0.1) is 0 Å². The third-order valence-corrected chi connectivity index (χ3v) is 5.80. The van der Waals surface area contributed by atoms with Crippen molar-refractivity contribution in [3.05, 3.63) is 82.8 Å². The molecular weight excluding hydrogens is 464 g/mol. The van der Waals surface area contributed by atoms with Gasteiger partial charge in [-0.1, -0.05) is 0 Å². The van der Waals surface area contributed by atoms with Gasteiger partial charge < -0.3 is 9.30 Å². The fraction of sp³-hybridized carbons (Fsp3) is 0.250. The van der Waals surface area contributed by atoms with Crippen molar-refractivity contribution in [3.8, 4) is 11.6 Å². The van der Waals surface area contributed by atoms with Crippen LogP contribution in [0, 0.1) is 12.7 Å². The van der Waals surface area contributed by atoms with Crippen LogP contribution in [0.5, 0.6) is 5.88 Å². The summed E-state index contributed by atoms with van der Waals surface area (Å²) in [6.45, 7) is 2.27. The van der Waals surface area contributed by atoms with Gasteiger partial charge in [0.05, 0.1) is 30.4 Å². The number of aromatic nitrogens is 6. The largest absolute Gasteiger partial charge is 0.479 e. The Balaban J connectivity index is 1.42. The predicted octanol–water partition coefficient (Wildman–Crippen LogP) is 5.04. The molecule has 0 spiro atoms. The van der Waals surface area contributed by atoms with Crippen LogP contribution in [0.1, 0.15) is 46.5 Å². The molecule has 0 saturated heterocycles.